The number of hydrogen-bond donors (Lipinski definition) is 0. The van der Waals surface area contributed by atoms with Gasteiger partial charge in [0, 0.05) is 32.2 Å². The number of piperazine rings is 1. The molecule has 1 saturated heterocycles. The predicted molar refractivity (Wildman–Crippen MR) is 105 cm³/mol. The molecule has 6 heteroatoms. The number of rotatable bonds is 3. The van der Waals surface area contributed by atoms with Crippen molar-refractivity contribution in [2.45, 2.75) is 52.0 Å². The summed E-state index contributed by atoms with van der Waals surface area (Å²) >= 11 is 0. The molecule has 1 aliphatic carbocycles. The van der Waals surface area contributed by atoms with E-state index in [9.17, 15) is 4.79 Å². The third-order valence-corrected chi connectivity index (χ3v) is 6.16. The molecule has 2 heterocycles. The van der Waals surface area contributed by atoms with Crippen LogP contribution in [0.4, 0.5) is 0 Å². The first-order valence-corrected chi connectivity index (χ1v) is 10.1. The molecule has 2 aliphatic rings. The van der Waals surface area contributed by atoms with E-state index in [0.717, 1.165) is 37.9 Å². The summed E-state index contributed by atoms with van der Waals surface area (Å²) in [4.78, 5) is 17.3. The van der Waals surface area contributed by atoms with Gasteiger partial charge in [-0.15, -0.1) is 5.10 Å². The highest BCUT2D eigenvalue weighted by atomic mass is 16.2. The fourth-order valence-corrected chi connectivity index (χ4v) is 4.25. The van der Waals surface area contributed by atoms with Gasteiger partial charge in [0.25, 0.3) is 5.91 Å². The van der Waals surface area contributed by atoms with Gasteiger partial charge in [-0.25, -0.2) is 4.68 Å². The Morgan fingerprint density at radius 3 is 2.44 bits per heavy atom. The van der Waals surface area contributed by atoms with Crippen LogP contribution in [-0.2, 0) is 0 Å². The van der Waals surface area contributed by atoms with Crippen molar-refractivity contribution in [1.82, 2.24) is 24.8 Å². The summed E-state index contributed by atoms with van der Waals surface area (Å²) in [5.74, 6) is -0.00613. The molecule has 27 heavy (non-hydrogen) atoms. The van der Waals surface area contributed by atoms with Crippen LogP contribution in [0, 0.1) is 13.8 Å². The van der Waals surface area contributed by atoms with Crippen molar-refractivity contribution in [3.63, 3.8) is 0 Å². The molecule has 0 N–H and O–H groups in total. The summed E-state index contributed by atoms with van der Waals surface area (Å²) in [6, 6.07) is 6.87. The van der Waals surface area contributed by atoms with Crippen molar-refractivity contribution in [3.8, 4) is 5.69 Å². The number of benzene rings is 1. The van der Waals surface area contributed by atoms with Crippen LogP contribution in [-0.4, -0.2) is 62.9 Å². The van der Waals surface area contributed by atoms with Gasteiger partial charge in [-0.05, 0) is 49.9 Å². The smallest absolute Gasteiger partial charge is 0.276 e. The summed E-state index contributed by atoms with van der Waals surface area (Å²) in [5, 5.41) is 8.31. The molecular weight excluding hydrogens is 338 g/mol. The van der Waals surface area contributed by atoms with Gasteiger partial charge in [0.05, 0.1) is 11.9 Å². The molecule has 2 aromatic rings. The summed E-state index contributed by atoms with van der Waals surface area (Å²) in [7, 11) is 0. The lowest BCUT2D eigenvalue weighted by atomic mass is 9.94. The Morgan fingerprint density at radius 2 is 1.74 bits per heavy atom. The average Bonchev–Trinajstić information content (AvgIpc) is 3.20. The number of aryl methyl sites for hydroxylation is 2. The fourth-order valence-electron chi connectivity index (χ4n) is 4.25. The molecule has 2 fully saturated rings. The zero-order valence-electron chi connectivity index (χ0n) is 16.4. The normalized spacial score (nSPS) is 19.4. The highest BCUT2D eigenvalue weighted by molar-refractivity contribution is 5.92. The second-order valence-corrected chi connectivity index (χ2v) is 7.94. The first-order valence-electron chi connectivity index (χ1n) is 10.1. The van der Waals surface area contributed by atoms with E-state index in [1.165, 1.54) is 43.2 Å². The van der Waals surface area contributed by atoms with E-state index in [0.29, 0.717) is 5.69 Å². The fraction of sp³-hybridized carbons (Fsp3) is 0.571. The van der Waals surface area contributed by atoms with Gasteiger partial charge in [-0.3, -0.25) is 9.69 Å². The van der Waals surface area contributed by atoms with Crippen LogP contribution in [0.3, 0.4) is 0 Å². The van der Waals surface area contributed by atoms with E-state index in [1.54, 1.807) is 10.9 Å². The average molecular weight is 367 g/mol. The molecule has 1 amide bonds. The second kappa shape index (κ2) is 7.80. The molecule has 1 aliphatic heterocycles. The number of hydrogen-bond acceptors (Lipinski definition) is 4. The molecule has 0 unspecified atom stereocenters. The van der Waals surface area contributed by atoms with Crippen LogP contribution in [0.2, 0.25) is 0 Å². The minimum atomic E-state index is -0.00613. The molecule has 4 rings (SSSR count). The quantitative estimate of drug-likeness (QED) is 0.837. The van der Waals surface area contributed by atoms with Gasteiger partial charge in [0.1, 0.15) is 0 Å². The first kappa shape index (κ1) is 18.2. The van der Waals surface area contributed by atoms with E-state index in [-0.39, 0.29) is 5.91 Å². The first-order chi connectivity index (χ1) is 13.1. The van der Waals surface area contributed by atoms with Gasteiger partial charge in [-0.1, -0.05) is 30.5 Å². The van der Waals surface area contributed by atoms with E-state index >= 15 is 0 Å². The van der Waals surface area contributed by atoms with Crippen molar-refractivity contribution in [2.24, 2.45) is 0 Å². The summed E-state index contributed by atoms with van der Waals surface area (Å²) in [5.41, 5.74) is 3.81. The van der Waals surface area contributed by atoms with E-state index in [1.807, 2.05) is 11.0 Å². The molecule has 1 aromatic heterocycles. The predicted octanol–water partition coefficient (Wildman–Crippen LogP) is 2.97. The Morgan fingerprint density at radius 1 is 1.00 bits per heavy atom. The van der Waals surface area contributed by atoms with Crippen molar-refractivity contribution in [3.05, 3.63) is 41.2 Å². The Bertz CT molecular complexity index is 801. The number of carbonyl (C=O) groups is 1. The maximum absolute atomic E-state index is 12.8. The van der Waals surface area contributed by atoms with Crippen molar-refractivity contribution in [2.75, 3.05) is 26.2 Å². The molecule has 6 nitrogen and oxygen atoms in total. The van der Waals surface area contributed by atoms with Gasteiger partial charge < -0.3 is 4.90 Å². The minimum absolute atomic E-state index is 0.00613. The lowest BCUT2D eigenvalue weighted by molar-refractivity contribution is 0.0518. The van der Waals surface area contributed by atoms with Gasteiger partial charge in [-0.2, -0.15) is 0 Å². The zero-order chi connectivity index (χ0) is 18.8. The third kappa shape index (κ3) is 3.90. The monoisotopic (exact) mass is 367 g/mol. The Balaban J connectivity index is 1.39. The van der Waals surface area contributed by atoms with Crippen LogP contribution in [0.25, 0.3) is 5.69 Å². The highest BCUT2D eigenvalue weighted by Gasteiger charge is 2.28. The largest absolute Gasteiger partial charge is 0.335 e. The van der Waals surface area contributed by atoms with Crippen LogP contribution >= 0.6 is 0 Å². The van der Waals surface area contributed by atoms with E-state index in [2.05, 4.69) is 41.2 Å². The molecule has 1 saturated carbocycles. The summed E-state index contributed by atoms with van der Waals surface area (Å²) in [6.07, 6.45) is 8.47. The Labute approximate surface area is 161 Å². The molecule has 1 aromatic carbocycles. The van der Waals surface area contributed by atoms with Crippen molar-refractivity contribution < 1.29 is 4.79 Å². The molecule has 0 bridgehead atoms. The summed E-state index contributed by atoms with van der Waals surface area (Å²) < 4.78 is 1.69. The lowest BCUT2D eigenvalue weighted by Gasteiger charge is -2.40. The standard InChI is InChI=1S/C21H29N5O/c1-16-8-9-19(14-17(16)2)26-15-20(22-23-26)21(27)25-12-10-24(11-13-25)18-6-4-3-5-7-18/h8-9,14-15,18H,3-7,10-13H2,1-2H3. The summed E-state index contributed by atoms with van der Waals surface area (Å²) in [6.45, 7) is 7.68. The third-order valence-electron chi connectivity index (χ3n) is 6.16. The van der Waals surface area contributed by atoms with Gasteiger partial charge >= 0.3 is 0 Å². The molecule has 144 valence electrons. The molecular formula is C21H29N5O. The van der Waals surface area contributed by atoms with Crippen molar-refractivity contribution >= 4 is 5.91 Å². The number of carbonyl (C=O) groups excluding carboxylic acids is 1. The SMILES string of the molecule is Cc1ccc(-n2cc(C(=O)N3CCN(C4CCCCC4)CC3)nn2)cc1C. The van der Waals surface area contributed by atoms with Crippen LogP contribution in [0.15, 0.2) is 24.4 Å². The van der Waals surface area contributed by atoms with Crippen molar-refractivity contribution in [1.29, 1.82) is 0 Å². The zero-order valence-corrected chi connectivity index (χ0v) is 16.4. The van der Waals surface area contributed by atoms with Gasteiger partial charge in [0.15, 0.2) is 5.69 Å². The maximum Gasteiger partial charge on any atom is 0.276 e. The number of amides is 1. The molecule has 0 atom stereocenters. The topological polar surface area (TPSA) is 54.3 Å². The number of nitrogens with zero attached hydrogens (tertiary/aromatic N) is 5. The van der Waals surface area contributed by atoms with Gasteiger partial charge in [0.2, 0.25) is 0 Å². The highest BCUT2D eigenvalue weighted by Crippen LogP contribution is 2.23. The van der Waals surface area contributed by atoms with E-state index < -0.39 is 0 Å². The second-order valence-electron chi connectivity index (χ2n) is 7.94. The Hall–Kier alpha value is -2.21. The van der Waals surface area contributed by atoms with Crippen LogP contribution in [0.5, 0.6) is 0 Å². The van der Waals surface area contributed by atoms with Crippen LogP contribution in [0.1, 0.15) is 53.7 Å². The lowest BCUT2D eigenvalue weighted by Crippen LogP contribution is -2.52. The van der Waals surface area contributed by atoms with Crippen LogP contribution < -0.4 is 0 Å². The molecule has 0 radical (unpaired) electrons. The number of aromatic nitrogens is 3. The van der Waals surface area contributed by atoms with E-state index in [4.69, 9.17) is 0 Å². The Kier molecular flexibility index (Phi) is 5.25. The minimum Gasteiger partial charge on any atom is -0.335 e. The maximum atomic E-state index is 12.8. The molecule has 0 spiro atoms.